The Balaban J connectivity index is 1.54. The SMILES string of the molecule is CC(=O)O[C@H]1[C@@H]2[C@H]([C@H](C)[C@H]3O[C@]34OC(=O)[C@@](C)(O)[C@]24C)[C@]2(C)[C@@H]1C1C([C@H](OC(C)=O)[C@@H]2OC(C)=O)[C@]2(C)[C@H](C[C@@H](O)[C@H](C)[C@@H]2O)[C@H](N)[C@@H]1O. The Morgan fingerprint density at radius 3 is 1.94 bits per heavy atom. The number of carbonyl (C=O) groups is 4. The third-order valence-corrected chi connectivity index (χ3v) is 15.2. The van der Waals surface area contributed by atoms with Crippen molar-refractivity contribution >= 4 is 23.9 Å². The van der Waals surface area contributed by atoms with Crippen LogP contribution in [0, 0.1) is 63.6 Å². The molecule has 5 saturated carbocycles. The molecule has 0 aromatic rings. The standard InChI is InChI=1S/C35H51NO13/c1-11-17(40)10-16-23(36)24(41)18-20-25(45-13(3)37)22-19(12(2)28-35(48-28)33(22,8)34(9,44)30(43)49-35)32(20,7)29(47-15(5)39)26(46-14(4)38)21(18)31(16,6)27(11)42/h11-12,16-29,40-42,44H,10,36H2,1-9H3/t11-,12-,16+,17+,18?,19-,20+,21?,22-,23-,24+,25+,26-,27-,28+,29-,31-,32+,33-,34+,35-/m0/s1. The van der Waals surface area contributed by atoms with Crippen molar-refractivity contribution in [2.75, 3.05) is 0 Å². The van der Waals surface area contributed by atoms with Crippen LogP contribution < -0.4 is 5.73 Å². The Morgan fingerprint density at radius 2 is 1.37 bits per heavy atom. The molecule has 5 aliphatic carbocycles. The number of epoxide rings is 1. The topological polar surface area (TPSA) is 225 Å². The molecule has 14 nitrogen and oxygen atoms in total. The second-order valence-electron chi connectivity index (χ2n) is 17.1. The van der Waals surface area contributed by atoms with Gasteiger partial charge in [-0.3, -0.25) is 14.4 Å². The van der Waals surface area contributed by atoms with Gasteiger partial charge in [0.05, 0.1) is 23.7 Å². The molecule has 21 atom stereocenters. The Labute approximate surface area is 285 Å². The normalized spacial score (nSPS) is 59.5. The molecule has 2 aliphatic heterocycles. The molecule has 2 heterocycles. The van der Waals surface area contributed by atoms with Crippen molar-refractivity contribution in [3.8, 4) is 0 Å². The third-order valence-electron chi connectivity index (χ3n) is 15.2. The molecule has 2 unspecified atom stereocenters. The van der Waals surface area contributed by atoms with E-state index in [4.69, 9.17) is 29.4 Å². The lowest BCUT2D eigenvalue weighted by molar-refractivity contribution is -0.295. The number of fused-ring (bicyclic) bond motifs is 8. The van der Waals surface area contributed by atoms with Crippen LogP contribution in [0.15, 0.2) is 0 Å². The number of aliphatic hydroxyl groups is 4. The van der Waals surface area contributed by atoms with Crippen LogP contribution in [0.1, 0.15) is 68.7 Å². The molecular formula is C35H51NO13. The molecule has 0 amide bonds. The molecule has 6 N–H and O–H groups in total. The molecule has 0 aromatic heterocycles. The number of ether oxygens (including phenoxy) is 5. The average molecular weight is 694 g/mol. The van der Waals surface area contributed by atoms with Gasteiger partial charge in [-0.2, -0.15) is 0 Å². The summed E-state index contributed by atoms with van der Waals surface area (Å²) in [5.74, 6) is -10.3. The van der Waals surface area contributed by atoms with Crippen LogP contribution in [0.3, 0.4) is 0 Å². The Bertz CT molecular complexity index is 1490. The van der Waals surface area contributed by atoms with E-state index in [0.29, 0.717) is 0 Å². The van der Waals surface area contributed by atoms with Crippen LogP contribution >= 0.6 is 0 Å². The molecule has 14 heteroatoms. The first-order valence-electron chi connectivity index (χ1n) is 17.5. The van der Waals surface area contributed by atoms with E-state index in [-0.39, 0.29) is 6.42 Å². The number of hydrogen-bond acceptors (Lipinski definition) is 14. The van der Waals surface area contributed by atoms with Gasteiger partial charge >= 0.3 is 23.9 Å². The molecule has 0 aromatic carbocycles. The van der Waals surface area contributed by atoms with Crippen LogP contribution in [-0.4, -0.2) is 104 Å². The smallest absolute Gasteiger partial charge is 0.341 e. The average Bonchev–Trinajstić information content (AvgIpc) is 3.64. The van der Waals surface area contributed by atoms with Gasteiger partial charge in [0.2, 0.25) is 5.79 Å². The highest BCUT2D eigenvalue weighted by atomic mass is 16.8. The number of aliphatic hydroxyl groups excluding tert-OH is 3. The van der Waals surface area contributed by atoms with E-state index in [0.717, 1.165) is 0 Å². The summed E-state index contributed by atoms with van der Waals surface area (Å²) in [7, 11) is 0. The summed E-state index contributed by atoms with van der Waals surface area (Å²) in [5.41, 5.74) is 0.848. The van der Waals surface area contributed by atoms with Crippen molar-refractivity contribution < 1.29 is 63.3 Å². The molecule has 7 aliphatic rings. The third kappa shape index (κ3) is 3.88. The fraction of sp³-hybridized carbons (Fsp3) is 0.886. The molecule has 0 bridgehead atoms. The first-order valence-corrected chi connectivity index (χ1v) is 17.5. The highest BCUT2D eigenvalue weighted by Crippen LogP contribution is 2.81. The molecule has 49 heavy (non-hydrogen) atoms. The predicted molar refractivity (Wildman–Crippen MR) is 165 cm³/mol. The highest BCUT2D eigenvalue weighted by molar-refractivity contribution is 5.84. The molecule has 0 radical (unpaired) electrons. The summed E-state index contributed by atoms with van der Waals surface area (Å²) in [6, 6.07) is -0.966. The van der Waals surface area contributed by atoms with E-state index in [2.05, 4.69) is 0 Å². The lowest BCUT2D eigenvalue weighted by Gasteiger charge is -2.68. The maximum absolute atomic E-state index is 13.4. The van der Waals surface area contributed by atoms with Gasteiger partial charge in [-0.1, -0.05) is 27.7 Å². The summed E-state index contributed by atoms with van der Waals surface area (Å²) in [4.78, 5) is 52.7. The maximum atomic E-state index is 13.4. The number of rotatable bonds is 3. The van der Waals surface area contributed by atoms with Crippen LogP contribution in [-0.2, 0) is 42.9 Å². The van der Waals surface area contributed by atoms with Gasteiger partial charge in [-0.25, -0.2) is 4.79 Å². The molecule has 7 fully saturated rings. The van der Waals surface area contributed by atoms with Gasteiger partial charge in [-0.15, -0.1) is 0 Å². The first kappa shape index (κ1) is 35.1. The van der Waals surface area contributed by atoms with Crippen molar-refractivity contribution in [1.82, 2.24) is 0 Å². The molecule has 1 spiro atoms. The molecule has 2 saturated heterocycles. The van der Waals surface area contributed by atoms with Gasteiger partial charge in [0.1, 0.15) is 24.4 Å². The highest BCUT2D eigenvalue weighted by Gasteiger charge is 2.93. The lowest BCUT2D eigenvalue weighted by atomic mass is 9.39. The van der Waals surface area contributed by atoms with E-state index in [1.165, 1.54) is 27.7 Å². The fourth-order valence-electron chi connectivity index (χ4n) is 13.2. The zero-order chi connectivity index (χ0) is 36.3. The monoisotopic (exact) mass is 693 g/mol. The maximum Gasteiger partial charge on any atom is 0.341 e. The molecular weight excluding hydrogens is 642 g/mol. The zero-order valence-electron chi connectivity index (χ0n) is 29.5. The zero-order valence-corrected chi connectivity index (χ0v) is 29.5. The predicted octanol–water partition coefficient (Wildman–Crippen LogP) is 0.0408. The second-order valence-corrected chi connectivity index (χ2v) is 17.1. The van der Waals surface area contributed by atoms with E-state index in [9.17, 15) is 39.6 Å². The summed E-state index contributed by atoms with van der Waals surface area (Å²) < 4.78 is 30.8. The van der Waals surface area contributed by atoms with E-state index in [1.54, 1.807) is 13.8 Å². The fourth-order valence-corrected chi connectivity index (χ4v) is 13.2. The Hall–Kier alpha value is -2.36. The number of esters is 4. The second kappa shape index (κ2) is 10.4. The lowest BCUT2D eigenvalue weighted by Crippen LogP contribution is -2.77. The Morgan fingerprint density at radius 1 is 0.816 bits per heavy atom. The van der Waals surface area contributed by atoms with Gasteiger partial charge in [-0.05, 0) is 38.0 Å². The summed E-state index contributed by atoms with van der Waals surface area (Å²) in [5, 5.41) is 47.6. The minimum Gasteiger partial charge on any atom is -0.462 e. The van der Waals surface area contributed by atoms with Crippen molar-refractivity contribution in [2.45, 2.75) is 129 Å². The molecule has 274 valence electrons. The van der Waals surface area contributed by atoms with Crippen molar-refractivity contribution in [2.24, 2.45) is 69.3 Å². The summed E-state index contributed by atoms with van der Waals surface area (Å²) >= 11 is 0. The minimum absolute atomic E-state index is 0.153. The largest absolute Gasteiger partial charge is 0.462 e. The van der Waals surface area contributed by atoms with E-state index >= 15 is 0 Å². The van der Waals surface area contributed by atoms with Gasteiger partial charge in [0, 0.05) is 67.2 Å². The van der Waals surface area contributed by atoms with Crippen LogP contribution in [0.2, 0.25) is 0 Å². The Kier molecular flexibility index (Phi) is 7.42. The van der Waals surface area contributed by atoms with Crippen LogP contribution in [0.25, 0.3) is 0 Å². The summed E-state index contributed by atoms with van der Waals surface area (Å²) in [6.45, 7) is 14.1. The number of nitrogens with two attached hydrogens (primary N) is 1. The molecule has 7 rings (SSSR count). The number of carbonyl (C=O) groups excluding carboxylic acids is 4. The summed E-state index contributed by atoms with van der Waals surface area (Å²) in [6.07, 6.45) is -7.49. The van der Waals surface area contributed by atoms with Crippen LogP contribution in [0.5, 0.6) is 0 Å². The van der Waals surface area contributed by atoms with E-state index in [1.807, 2.05) is 20.8 Å². The van der Waals surface area contributed by atoms with E-state index < -0.39 is 148 Å². The number of hydrogen-bond donors (Lipinski definition) is 5. The van der Waals surface area contributed by atoms with Crippen molar-refractivity contribution in [3.63, 3.8) is 0 Å². The van der Waals surface area contributed by atoms with Crippen molar-refractivity contribution in [1.29, 1.82) is 0 Å². The minimum atomic E-state index is -2.11. The quantitative estimate of drug-likeness (QED) is 0.150. The van der Waals surface area contributed by atoms with Crippen molar-refractivity contribution in [3.05, 3.63) is 0 Å². The van der Waals surface area contributed by atoms with Gasteiger partial charge in [0.25, 0.3) is 0 Å². The van der Waals surface area contributed by atoms with Gasteiger partial charge < -0.3 is 49.8 Å². The van der Waals surface area contributed by atoms with Gasteiger partial charge in [0.15, 0.2) is 5.60 Å². The first-order chi connectivity index (χ1) is 22.6. The van der Waals surface area contributed by atoms with Crippen LogP contribution in [0.4, 0.5) is 0 Å².